The maximum Gasteiger partial charge on any atom is 0.225 e. The molecular formula is C22H27N5. The maximum absolute atomic E-state index is 4.59. The smallest absolute Gasteiger partial charge is 0.225 e. The fraction of sp³-hybridized carbons (Fsp3) is 0.273. The van der Waals surface area contributed by atoms with Gasteiger partial charge in [-0.1, -0.05) is 30.3 Å². The van der Waals surface area contributed by atoms with Crippen molar-refractivity contribution in [2.45, 2.75) is 27.3 Å². The molecule has 2 aromatic carbocycles. The summed E-state index contributed by atoms with van der Waals surface area (Å²) >= 11 is 0. The van der Waals surface area contributed by atoms with Crippen LogP contribution in [0, 0.1) is 6.92 Å². The second-order valence-electron chi connectivity index (χ2n) is 6.40. The van der Waals surface area contributed by atoms with Gasteiger partial charge >= 0.3 is 0 Å². The monoisotopic (exact) mass is 361 g/mol. The van der Waals surface area contributed by atoms with Crippen LogP contribution >= 0.6 is 0 Å². The molecule has 0 fully saturated rings. The van der Waals surface area contributed by atoms with Gasteiger partial charge in [-0.3, -0.25) is 0 Å². The number of hydrogen-bond donors (Lipinski definition) is 2. The van der Waals surface area contributed by atoms with Crippen molar-refractivity contribution in [1.82, 2.24) is 9.97 Å². The summed E-state index contributed by atoms with van der Waals surface area (Å²) in [4.78, 5) is 11.4. The van der Waals surface area contributed by atoms with Crippen molar-refractivity contribution in [2.24, 2.45) is 0 Å². The summed E-state index contributed by atoms with van der Waals surface area (Å²) in [5.41, 5.74) is 4.36. The third-order valence-corrected chi connectivity index (χ3v) is 4.42. The number of nitrogens with zero attached hydrogens (tertiary/aromatic N) is 3. The molecule has 0 radical (unpaired) electrons. The third-order valence-electron chi connectivity index (χ3n) is 4.42. The van der Waals surface area contributed by atoms with Crippen LogP contribution < -0.4 is 15.5 Å². The summed E-state index contributed by atoms with van der Waals surface area (Å²) in [6.45, 7) is 9.02. The first-order valence-corrected chi connectivity index (χ1v) is 9.43. The molecule has 1 aromatic heterocycles. The fourth-order valence-corrected chi connectivity index (χ4v) is 2.98. The predicted molar refractivity (Wildman–Crippen MR) is 114 cm³/mol. The first-order chi connectivity index (χ1) is 13.2. The lowest BCUT2D eigenvalue weighted by Crippen LogP contribution is -2.21. The Hall–Kier alpha value is -3.08. The molecule has 0 aliphatic carbocycles. The van der Waals surface area contributed by atoms with Crippen LogP contribution in [0.1, 0.15) is 25.1 Å². The van der Waals surface area contributed by atoms with Crippen molar-refractivity contribution in [1.29, 1.82) is 0 Å². The van der Waals surface area contributed by atoms with Gasteiger partial charge in [0.15, 0.2) is 0 Å². The van der Waals surface area contributed by atoms with Crippen LogP contribution in [0.3, 0.4) is 0 Å². The van der Waals surface area contributed by atoms with E-state index in [-0.39, 0.29) is 0 Å². The standard InChI is InChI=1S/C22H27N5/c1-4-27(5-2)20-13-11-19(12-14-20)25-21-15-17(3)24-22(26-21)23-16-18-9-7-6-8-10-18/h6-15H,4-5,16H2,1-3H3,(H2,23,24,25,26). The molecule has 0 unspecified atom stereocenters. The molecule has 5 heteroatoms. The summed E-state index contributed by atoms with van der Waals surface area (Å²) in [6, 6.07) is 20.6. The van der Waals surface area contributed by atoms with Crippen molar-refractivity contribution in [3.63, 3.8) is 0 Å². The zero-order chi connectivity index (χ0) is 19.1. The first kappa shape index (κ1) is 18.7. The Morgan fingerprint density at radius 1 is 0.889 bits per heavy atom. The summed E-state index contributed by atoms with van der Waals surface area (Å²) in [6.07, 6.45) is 0. The maximum atomic E-state index is 4.59. The van der Waals surface area contributed by atoms with Gasteiger partial charge in [-0.05, 0) is 50.6 Å². The highest BCUT2D eigenvalue weighted by Crippen LogP contribution is 2.21. The van der Waals surface area contributed by atoms with Gasteiger partial charge in [-0.15, -0.1) is 0 Å². The Morgan fingerprint density at radius 2 is 1.59 bits per heavy atom. The van der Waals surface area contributed by atoms with E-state index in [2.05, 4.69) is 75.7 Å². The summed E-state index contributed by atoms with van der Waals surface area (Å²) in [5.74, 6) is 1.41. The van der Waals surface area contributed by atoms with Crippen molar-refractivity contribution < 1.29 is 0 Å². The largest absolute Gasteiger partial charge is 0.372 e. The molecule has 1 heterocycles. The average Bonchev–Trinajstić information content (AvgIpc) is 2.69. The summed E-state index contributed by atoms with van der Waals surface area (Å²) in [5, 5.41) is 6.67. The van der Waals surface area contributed by atoms with E-state index in [1.807, 2.05) is 31.2 Å². The molecule has 0 amide bonds. The number of aromatic nitrogens is 2. The van der Waals surface area contributed by atoms with Gasteiger partial charge in [0, 0.05) is 42.8 Å². The van der Waals surface area contributed by atoms with Crippen LogP contribution in [-0.4, -0.2) is 23.1 Å². The zero-order valence-corrected chi connectivity index (χ0v) is 16.2. The molecule has 5 nitrogen and oxygen atoms in total. The second kappa shape index (κ2) is 9.03. The molecule has 140 valence electrons. The SMILES string of the molecule is CCN(CC)c1ccc(Nc2cc(C)nc(NCc3ccccc3)n2)cc1. The summed E-state index contributed by atoms with van der Waals surface area (Å²) in [7, 11) is 0. The van der Waals surface area contributed by atoms with Gasteiger partial charge in [0.25, 0.3) is 0 Å². The summed E-state index contributed by atoms with van der Waals surface area (Å²) < 4.78 is 0. The predicted octanol–water partition coefficient (Wildman–Crippen LogP) is 4.99. The molecule has 0 spiro atoms. The Morgan fingerprint density at radius 3 is 2.26 bits per heavy atom. The van der Waals surface area contributed by atoms with Gasteiger partial charge < -0.3 is 15.5 Å². The first-order valence-electron chi connectivity index (χ1n) is 9.43. The van der Waals surface area contributed by atoms with Gasteiger partial charge in [0.2, 0.25) is 5.95 Å². The van der Waals surface area contributed by atoms with E-state index in [9.17, 15) is 0 Å². The minimum atomic E-state index is 0.626. The molecule has 2 N–H and O–H groups in total. The lowest BCUT2D eigenvalue weighted by atomic mass is 10.2. The number of benzene rings is 2. The van der Waals surface area contributed by atoms with Crippen LogP contribution in [0.5, 0.6) is 0 Å². The van der Waals surface area contributed by atoms with Crippen molar-refractivity contribution in [3.05, 3.63) is 71.9 Å². The van der Waals surface area contributed by atoms with Crippen LogP contribution in [0.4, 0.5) is 23.1 Å². The van der Waals surface area contributed by atoms with Crippen molar-refractivity contribution in [3.8, 4) is 0 Å². The molecule has 0 saturated heterocycles. The molecular weight excluding hydrogens is 334 g/mol. The minimum absolute atomic E-state index is 0.626. The quantitative estimate of drug-likeness (QED) is 0.592. The number of aryl methyl sites for hydroxylation is 1. The van der Waals surface area contributed by atoms with Crippen LogP contribution in [0.15, 0.2) is 60.7 Å². The van der Waals surface area contributed by atoms with E-state index < -0.39 is 0 Å². The van der Waals surface area contributed by atoms with Crippen molar-refractivity contribution >= 4 is 23.1 Å². The lowest BCUT2D eigenvalue weighted by molar-refractivity contribution is 0.866. The van der Waals surface area contributed by atoms with Gasteiger partial charge in [-0.25, -0.2) is 4.98 Å². The Kier molecular flexibility index (Phi) is 6.26. The molecule has 0 aliphatic rings. The van der Waals surface area contributed by atoms with Crippen LogP contribution in [0.25, 0.3) is 0 Å². The average molecular weight is 361 g/mol. The third kappa shape index (κ3) is 5.20. The number of hydrogen-bond acceptors (Lipinski definition) is 5. The van der Waals surface area contributed by atoms with Crippen LogP contribution in [0.2, 0.25) is 0 Å². The van der Waals surface area contributed by atoms with Crippen LogP contribution in [-0.2, 0) is 6.54 Å². The van der Waals surface area contributed by atoms with E-state index >= 15 is 0 Å². The van der Waals surface area contributed by atoms with E-state index in [1.165, 1.54) is 11.3 Å². The molecule has 0 saturated carbocycles. The fourth-order valence-electron chi connectivity index (χ4n) is 2.98. The molecule has 27 heavy (non-hydrogen) atoms. The highest BCUT2D eigenvalue weighted by Gasteiger charge is 2.05. The van der Waals surface area contributed by atoms with E-state index in [1.54, 1.807) is 0 Å². The lowest BCUT2D eigenvalue weighted by Gasteiger charge is -2.21. The number of anilines is 4. The Bertz CT molecular complexity index is 842. The van der Waals surface area contributed by atoms with Crippen molar-refractivity contribution in [2.75, 3.05) is 28.6 Å². The minimum Gasteiger partial charge on any atom is -0.372 e. The van der Waals surface area contributed by atoms with E-state index in [0.717, 1.165) is 30.3 Å². The highest BCUT2D eigenvalue weighted by molar-refractivity contribution is 5.61. The van der Waals surface area contributed by atoms with Gasteiger partial charge in [0.05, 0.1) is 0 Å². The highest BCUT2D eigenvalue weighted by atomic mass is 15.1. The molecule has 0 bridgehead atoms. The Labute approximate surface area is 161 Å². The Balaban J connectivity index is 1.68. The van der Waals surface area contributed by atoms with Gasteiger partial charge in [-0.2, -0.15) is 4.98 Å². The zero-order valence-electron chi connectivity index (χ0n) is 16.2. The van der Waals surface area contributed by atoms with E-state index in [4.69, 9.17) is 0 Å². The normalized spacial score (nSPS) is 10.5. The van der Waals surface area contributed by atoms with E-state index in [0.29, 0.717) is 12.5 Å². The molecule has 3 rings (SSSR count). The van der Waals surface area contributed by atoms with Gasteiger partial charge in [0.1, 0.15) is 5.82 Å². The molecule has 0 atom stereocenters. The number of rotatable bonds is 8. The number of nitrogens with one attached hydrogen (secondary N) is 2. The molecule has 3 aromatic rings. The topological polar surface area (TPSA) is 53.1 Å². The molecule has 0 aliphatic heterocycles. The second-order valence-corrected chi connectivity index (χ2v) is 6.40.